The molecule has 0 bridgehead atoms. The summed E-state index contributed by atoms with van der Waals surface area (Å²) in [7, 11) is 0. The molecule has 4 nitrogen and oxygen atoms in total. The second-order valence-corrected chi connectivity index (χ2v) is 2.92. The Hall–Kier alpha value is -1.13. The van der Waals surface area contributed by atoms with Gasteiger partial charge in [-0.2, -0.15) is 0 Å². The van der Waals surface area contributed by atoms with Gasteiger partial charge in [-0.3, -0.25) is 9.78 Å². The van der Waals surface area contributed by atoms with Gasteiger partial charge < -0.3 is 10.5 Å². The van der Waals surface area contributed by atoms with E-state index in [-0.39, 0.29) is 18.4 Å². The molecule has 1 rings (SSSR count). The van der Waals surface area contributed by atoms with Gasteiger partial charge in [0.15, 0.2) is 0 Å². The monoisotopic (exact) mass is 230 g/mol. The van der Waals surface area contributed by atoms with Gasteiger partial charge in [-0.15, -0.1) is 12.4 Å². The third-order valence-electron chi connectivity index (χ3n) is 1.77. The minimum absolute atomic E-state index is 0. The molecule has 1 aromatic rings. The molecule has 0 radical (unpaired) electrons. The molecule has 1 aromatic heterocycles. The van der Waals surface area contributed by atoms with Crippen molar-refractivity contribution in [2.24, 2.45) is 5.73 Å². The molecule has 0 aliphatic heterocycles. The molecular weight excluding hydrogens is 216 g/mol. The quantitative estimate of drug-likeness (QED) is 0.782. The summed E-state index contributed by atoms with van der Waals surface area (Å²) in [5.41, 5.74) is 6.57. The lowest BCUT2D eigenvalue weighted by molar-refractivity contribution is -0.144. The molecule has 1 atom stereocenters. The summed E-state index contributed by atoms with van der Waals surface area (Å²) < 4.78 is 4.79. The van der Waals surface area contributed by atoms with Gasteiger partial charge >= 0.3 is 5.97 Å². The number of pyridine rings is 1. The van der Waals surface area contributed by atoms with Gasteiger partial charge in [0.25, 0.3) is 0 Å². The molecule has 0 saturated heterocycles. The molecule has 5 heteroatoms. The number of ether oxygens (including phenoxy) is 1. The van der Waals surface area contributed by atoms with Crippen LogP contribution in [0.3, 0.4) is 0 Å². The van der Waals surface area contributed by atoms with Crippen LogP contribution in [0.25, 0.3) is 0 Å². The number of esters is 1. The minimum atomic E-state index is -0.598. The van der Waals surface area contributed by atoms with E-state index in [0.29, 0.717) is 13.0 Å². The van der Waals surface area contributed by atoms with E-state index in [1.165, 1.54) is 0 Å². The maximum Gasteiger partial charge on any atom is 0.323 e. The number of nitrogens with zero attached hydrogens (tertiary/aromatic N) is 1. The predicted octanol–water partition coefficient (Wildman–Crippen LogP) is 0.936. The topological polar surface area (TPSA) is 65.2 Å². The molecule has 0 aromatic carbocycles. The molecule has 0 unspecified atom stereocenters. The van der Waals surface area contributed by atoms with E-state index in [0.717, 1.165) is 5.56 Å². The Balaban J connectivity index is 0.00000196. The second kappa shape index (κ2) is 7.20. The smallest absolute Gasteiger partial charge is 0.323 e. The number of halogens is 1. The highest BCUT2D eigenvalue weighted by Gasteiger charge is 2.14. The molecule has 0 aliphatic carbocycles. The Morgan fingerprint density at radius 1 is 1.67 bits per heavy atom. The first-order valence-electron chi connectivity index (χ1n) is 4.55. The van der Waals surface area contributed by atoms with Crippen LogP contribution in [0, 0.1) is 0 Å². The van der Waals surface area contributed by atoms with Crippen LogP contribution in [0.4, 0.5) is 0 Å². The number of carbonyl (C=O) groups is 1. The van der Waals surface area contributed by atoms with Crippen LogP contribution in [-0.4, -0.2) is 23.6 Å². The maximum absolute atomic E-state index is 11.2. The van der Waals surface area contributed by atoms with Crippen molar-refractivity contribution in [1.29, 1.82) is 0 Å². The normalized spacial score (nSPS) is 11.3. The summed E-state index contributed by atoms with van der Waals surface area (Å²) >= 11 is 0. The number of hydrogen-bond donors (Lipinski definition) is 1. The summed E-state index contributed by atoms with van der Waals surface area (Å²) in [6.45, 7) is 2.12. The molecule has 1 heterocycles. The Kier molecular flexibility index (Phi) is 6.66. The number of aromatic nitrogens is 1. The SMILES string of the molecule is CCOC(=O)[C@H](N)Cc1cccnc1.Cl. The maximum atomic E-state index is 11.2. The molecule has 84 valence electrons. The zero-order valence-corrected chi connectivity index (χ0v) is 9.37. The number of rotatable bonds is 4. The third-order valence-corrected chi connectivity index (χ3v) is 1.77. The zero-order chi connectivity index (χ0) is 10.4. The lowest BCUT2D eigenvalue weighted by atomic mass is 10.1. The van der Waals surface area contributed by atoms with Crippen LogP contribution < -0.4 is 5.73 Å². The number of hydrogen-bond acceptors (Lipinski definition) is 4. The molecule has 15 heavy (non-hydrogen) atoms. The van der Waals surface area contributed by atoms with E-state index in [9.17, 15) is 4.79 Å². The summed E-state index contributed by atoms with van der Waals surface area (Å²) in [6.07, 6.45) is 3.84. The van der Waals surface area contributed by atoms with Crippen LogP contribution in [0.2, 0.25) is 0 Å². The van der Waals surface area contributed by atoms with Gasteiger partial charge in [-0.05, 0) is 25.0 Å². The molecule has 0 fully saturated rings. The van der Waals surface area contributed by atoms with E-state index in [1.54, 1.807) is 19.3 Å². The Bertz CT molecular complexity index is 293. The van der Waals surface area contributed by atoms with Crippen molar-refractivity contribution < 1.29 is 9.53 Å². The van der Waals surface area contributed by atoms with Gasteiger partial charge in [0.1, 0.15) is 6.04 Å². The summed E-state index contributed by atoms with van der Waals surface area (Å²) in [5.74, 6) is -0.364. The van der Waals surface area contributed by atoms with Crippen LogP contribution in [0.1, 0.15) is 12.5 Å². The highest BCUT2D eigenvalue weighted by Crippen LogP contribution is 2.00. The minimum Gasteiger partial charge on any atom is -0.465 e. The summed E-state index contributed by atoms with van der Waals surface area (Å²) in [5, 5.41) is 0. The van der Waals surface area contributed by atoms with Crippen molar-refractivity contribution in [1.82, 2.24) is 4.98 Å². The first kappa shape index (κ1) is 13.9. The predicted molar refractivity (Wildman–Crippen MR) is 59.8 cm³/mol. The molecule has 0 amide bonds. The van der Waals surface area contributed by atoms with E-state index in [4.69, 9.17) is 10.5 Å². The average Bonchev–Trinajstić information content (AvgIpc) is 2.19. The summed E-state index contributed by atoms with van der Waals surface area (Å²) in [4.78, 5) is 15.1. The van der Waals surface area contributed by atoms with Crippen molar-refractivity contribution in [3.8, 4) is 0 Å². The van der Waals surface area contributed by atoms with E-state index < -0.39 is 6.04 Å². The van der Waals surface area contributed by atoms with Crippen LogP contribution >= 0.6 is 12.4 Å². The van der Waals surface area contributed by atoms with Gasteiger partial charge in [0.05, 0.1) is 6.61 Å². The zero-order valence-electron chi connectivity index (χ0n) is 8.55. The average molecular weight is 231 g/mol. The molecule has 2 N–H and O–H groups in total. The fourth-order valence-electron chi connectivity index (χ4n) is 1.11. The van der Waals surface area contributed by atoms with Crippen molar-refractivity contribution >= 4 is 18.4 Å². The second-order valence-electron chi connectivity index (χ2n) is 2.92. The third kappa shape index (κ3) is 4.76. The first-order chi connectivity index (χ1) is 6.74. The van der Waals surface area contributed by atoms with Gasteiger partial charge in [0.2, 0.25) is 0 Å². The molecule has 0 aliphatic rings. The highest BCUT2D eigenvalue weighted by atomic mass is 35.5. The van der Waals surface area contributed by atoms with Crippen LogP contribution in [0.5, 0.6) is 0 Å². The van der Waals surface area contributed by atoms with Crippen molar-refractivity contribution in [3.63, 3.8) is 0 Å². The van der Waals surface area contributed by atoms with Crippen LogP contribution in [0.15, 0.2) is 24.5 Å². The Morgan fingerprint density at radius 2 is 2.40 bits per heavy atom. The largest absolute Gasteiger partial charge is 0.465 e. The first-order valence-corrected chi connectivity index (χ1v) is 4.55. The van der Waals surface area contributed by atoms with E-state index in [2.05, 4.69) is 4.98 Å². The number of nitrogens with two attached hydrogens (primary N) is 1. The van der Waals surface area contributed by atoms with E-state index in [1.807, 2.05) is 12.1 Å². The highest BCUT2D eigenvalue weighted by molar-refractivity contribution is 5.85. The number of carbonyl (C=O) groups excluding carboxylic acids is 1. The van der Waals surface area contributed by atoms with Crippen LogP contribution in [-0.2, 0) is 16.0 Å². The Morgan fingerprint density at radius 3 is 2.93 bits per heavy atom. The molecule has 0 spiro atoms. The Labute approximate surface area is 95.2 Å². The van der Waals surface area contributed by atoms with Gasteiger partial charge in [-0.25, -0.2) is 0 Å². The van der Waals surface area contributed by atoms with E-state index >= 15 is 0 Å². The molecular formula is C10H15ClN2O2. The van der Waals surface area contributed by atoms with Gasteiger partial charge in [0, 0.05) is 12.4 Å². The lowest BCUT2D eigenvalue weighted by Gasteiger charge is -2.09. The van der Waals surface area contributed by atoms with Crippen molar-refractivity contribution in [2.75, 3.05) is 6.61 Å². The van der Waals surface area contributed by atoms with Gasteiger partial charge in [-0.1, -0.05) is 6.07 Å². The molecule has 0 saturated carbocycles. The van der Waals surface area contributed by atoms with Crippen molar-refractivity contribution in [3.05, 3.63) is 30.1 Å². The lowest BCUT2D eigenvalue weighted by Crippen LogP contribution is -2.34. The standard InChI is InChI=1S/C10H14N2O2.ClH/c1-2-14-10(13)9(11)6-8-4-3-5-12-7-8;/h3-5,7,9H,2,6,11H2,1H3;1H/t9-;/m1./s1. The fourth-order valence-corrected chi connectivity index (χ4v) is 1.11. The fraction of sp³-hybridized carbons (Fsp3) is 0.400. The summed E-state index contributed by atoms with van der Waals surface area (Å²) in [6, 6.07) is 3.10. The van der Waals surface area contributed by atoms with Crippen molar-refractivity contribution in [2.45, 2.75) is 19.4 Å².